The predicted octanol–water partition coefficient (Wildman–Crippen LogP) is 2.82. The highest BCUT2D eigenvalue weighted by molar-refractivity contribution is 5.61. The fourth-order valence-corrected chi connectivity index (χ4v) is 3.87. The molecule has 4 aromatic rings. The minimum absolute atomic E-state index is 0.225. The molecule has 3 heterocycles. The van der Waals surface area contributed by atoms with Gasteiger partial charge in [-0.3, -0.25) is 4.90 Å². The van der Waals surface area contributed by atoms with Crippen molar-refractivity contribution in [1.82, 2.24) is 24.5 Å². The second-order valence-corrected chi connectivity index (χ2v) is 7.30. The highest BCUT2D eigenvalue weighted by Crippen LogP contribution is 2.24. The molecule has 146 valence electrons. The lowest BCUT2D eigenvalue weighted by Gasteiger charge is -2.28. The average Bonchev–Trinajstić information content (AvgIpc) is 3.20. The predicted molar refractivity (Wildman–Crippen MR) is 108 cm³/mol. The number of rotatable bonds is 4. The number of hydrogen-bond acceptors (Lipinski definition) is 4. The molecule has 2 aromatic heterocycles. The van der Waals surface area contributed by atoms with Crippen molar-refractivity contribution in [3.05, 3.63) is 87.7 Å². The van der Waals surface area contributed by atoms with Crippen LogP contribution in [0.15, 0.2) is 59.4 Å². The maximum Gasteiger partial charge on any atom is 0.348 e. The van der Waals surface area contributed by atoms with Gasteiger partial charge in [-0.25, -0.2) is 14.2 Å². The molecule has 0 saturated heterocycles. The zero-order valence-electron chi connectivity index (χ0n) is 15.8. The van der Waals surface area contributed by atoms with Crippen LogP contribution in [0.1, 0.15) is 16.8 Å². The van der Waals surface area contributed by atoms with Gasteiger partial charge in [-0.2, -0.15) is 4.52 Å². The van der Waals surface area contributed by atoms with Crippen molar-refractivity contribution in [3.63, 3.8) is 0 Å². The van der Waals surface area contributed by atoms with E-state index in [1.165, 1.54) is 16.1 Å². The molecule has 0 bridgehead atoms. The Morgan fingerprint density at radius 3 is 2.69 bits per heavy atom. The van der Waals surface area contributed by atoms with Gasteiger partial charge in [0.25, 0.3) is 0 Å². The summed E-state index contributed by atoms with van der Waals surface area (Å²) in [7, 11) is 0. The van der Waals surface area contributed by atoms with Crippen molar-refractivity contribution < 1.29 is 4.39 Å². The van der Waals surface area contributed by atoms with Crippen molar-refractivity contribution in [2.24, 2.45) is 0 Å². The topological polar surface area (TPSA) is 66.3 Å². The summed E-state index contributed by atoms with van der Waals surface area (Å²) >= 11 is 0. The Hall–Kier alpha value is -3.32. The number of fused-ring (bicyclic) bond motifs is 3. The molecule has 0 fully saturated rings. The lowest BCUT2D eigenvalue weighted by molar-refractivity contribution is 0.255. The first-order valence-electron chi connectivity index (χ1n) is 9.71. The molecule has 0 atom stereocenters. The van der Waals surface area contributed by atoms with Crippen LogP contribution in [0.5, 0.6) is 0 Å². The van der Waals surface area contributed by atoms with Crippen molar-refractivity contribution in [1.29, 1.82) is 0 Å². The third-order valence-corrected chi connectivity index (χ3v) is 5.43. The molecule has 0 spiro atoms. The Labute approximate surface area is 166 Å². The van der Waals surface area contributed by atoms with Gasteiger partial charge in [0.15, 0.2) is 11.5 Å². The van der Waals surface area contributed by atoms with Crippen LogP contribution in [0.25, 0.3) is 17.0 Å². The third-order valence-electron chi connectivity index (χ3n) is 5.43. The van der Waals surface area contributed by atoms with Gasteiger partial charge in [0.2, 0.25) is 0 Å². The van der Waals surface area contributed by atoms with E-state index in [1.807, 2.05) is 6.07 Å². The Kier molecular flexibility index (Phi) is 4.44. The lowest BCUT2D eigenvalue weighted by atomic mass is 10.1. The zero-order chi connectivity index (χ0) is 19.8. The molecule has 6 nitrogen and oxygen atoms in total. The molecule has 0 unspecified atom stereocenters. The fourth-order valence-electron chi connectivity index (χ4n) is 3.87. The van der Waals surface area contributed by atoms with Crippen molar-refractivity contribution in [2.75, 3.05) is 13.1 Å². The summed E-state index contributed by atoms with van der Waals surface area (Å²) in [6.07, 6.45) is 1.71. The van der Waals surface area contributed by atoms with Gasteiger partial charge in [-0.15, -0.1) is 5.10 Å². The standard InChI is InChI=1S/C22H20FN5O/c23-18-9-5-4-8-16(18)20-25-21-17-14-27(12-10-15-6-2-1-3-7-15)13-11-19(17)24-22(29)28(21)26-20/h1-9H,10-14H2,(H,24,29). The summed E-state index contributed by atoms with van der Waals surface area (Å²) in [6, 6.07) is 16.7. The second kappa shape index (κ2) is 7.25. The number of H-pyrrole nitrogens is 1. The van der Waals surface area contributed by atoms with E-state index < -0.39 is 5.82 Å². The normalized spacial score (nSPS) is 14.2. The monoisotopic (exact) mass is 389 g/mol. The van der Waals surface area contributed by atoms with Crippen molar-refractivity contribution >= 4 is 5.65 Å². The van der Waals surface area contributed by atoms with Gasteiger partial charge in [0, 0.05) is 37.3 Å². The molecule has 29 heavy (non-hydrogen) atoms. The van der Waals surface area contributed by atoms with Gasteiger partial charge in [-0.1, -0.05) is 42.5 Å². The first-order chi connectivity index (χ1) is 14.2. The fraction of sp³-hybridized carbons (Fsp3) is 0.227. The Morgan fingerprint density at radius 1 is 1.07 bits per heavy atom. The van der Waals surface area contributed by atoms with E-state index in [4.69, 9.17) is 0 Å². The molecule has 0 aliphatic carbocycles. The first kappa shape index (κ1) is 17.8. The number of aromatic nitrogens is 4. The Bertz CT molecular complexity index is 1230. The quantitative estimate of drug-likeness (QED) is 0.583. The van der Waals surface area contributed by atoms with E-state index >= 15 is 0 Å². The lowest BCUT2D eigenvalue weighted by Crippen LogP contribution is -2.35. The Morgan fingerprint density at radius 2 is 1.86 bits per heavy atom. The molecule has 7 heteroatoms. The number of aromatic amines is 1. The highest BCUT2D eigenvalue weighted by Gasteiger charge is 2.23. The third kappa shape index (κ3) is 3.34. The molecular formula is C22H20FN5O. The van der Waals surface area contributed by atoms with Gasteiger partial charge in [0.05, 0.1) is 5.56 Å². The number of nitrogens with zero attached hydrogens (tertiary/aromatic N) is 4. The summed E-state index contributed by atoms with van der Waals surface area (Å²) < 4.78 is 15.4. The molecule has 1 aliphatic heterocycles. The molecule has 2 aromatic carbocycles. The average molecular weight is 389 g/mol. The van der Waals surface area contributed by atoms with E-state index in [0.29, 0.717) is 17.8 Å². The van der Waals surface area contributed by atoms with E-state index in [9.17, 15) is 9.18 Å². The van der Waals surface area contributed by atoms with Crippen LogP contribution in [0.4, 0.5) is 4.39 Å². The van der Waals surface area contributed by atoms with E-state index in [-0.39, 0.29) is 11.5 Å². The molecule has 1 aliphatic rings. The summed E-state index contributed by atoms with van der Waals surface area (Å²) in [5.41, 5.74) is 3.61. The van der Waals surface area contributed by atoms with Crippen LogP contribution in [0.2, 0.25) is 0 Å². The summed E-state index contributed by atoms with van der Waals surface area (Å²) in [4.78, 5) is 22.3. The number of hydrogen-bond donors (Lipinski definition) is 1. The summed E-state index contributed by atoms with van der Waals surface area (Å²) in [5.74, 6) is -0.179. The highest BCUT2D eigenvalue weighted by atomic mass is 19.1. The largest absolute Gasteiger partial charge is 0.348 e. The number of benzene rings is 2. The second-order valence-electron chi connectivity index (χ2n) is 7.30. The van der Waals surface area contributed by atoms with Crippen LogP contribution in [0, 0.1) is 5.82 Å². The number of halogens is 1. The molecule has 1 N–H and O–H groups in total. The SMILES string of the molecule is O=c1[nH]c2c(c3nc(-c4ccccc4F)nn13)CN(CCc1ccccc1)CC2. The van der Waals surface area contributed by atoms with Crippen LogP contribution in [0.3, 0.4) is 0 Å². The van der Waals surface area contributed by atoms with Crippen LogP contribution < -0.4 is 5.69 Å². The maximum absolute atomic E-state index is 14.2. The molecule has 0 saturated carbocycles. The maximum atomic E-state index is 14.2. The van der Waals surface area contributed by atoms with Gasteiger partial charge >= 0.3 is 5.69 Å². The van der Waals surface area contributed by atoms with E-state index in [0.717, 1.165) is 37.2 Å². The van der Waals surface area contributed by atoms with E-state index in [1.54, 1.807) is 18.2 Å². The number of nitrogens with one attached hydrogen (secondary N) is 1. The van der Waals surface area contributed by atoms with E-state index in [2.05, 4.69) is 44.2 Å². The van der Waals surface area contributed by atoms with Gasteiger partial charge < -0.3 is 4.98 Å². The molecule has 5 rings (SSSR count). The molecule has 0 amide bonds. The molecular weight excluding hydrogens is 369 g/mol. The van der Waals surface area contributed by atoms with Crippen molar-refractivity contribution in [3.8, 4) is 11.4 Å². The van der Waals surface area contributed by atoms with Crippen LogP contribution >= 0.6 is 0 Å². The minimum Gasteiger partial charge on any atom is -0.309 e. The van der Waals surface area contributed by atoms with Crippen LogP contribution in [-0.4, -0.2) is 37.6 Å². The smallest absolute Gasteiger partial charge is 0.309 e. The summed E-state index contributed by atoms with van der Waals surface area (Å²) in [6.45, 7) is 2.47. The Balaban J connectivity index is 1.48. The molecule has 0 radical (unpaired) electrons. The first-order valence-corrected chi connectivity index (χ1v) is 9.71. The van der Waals surface area contributed by atoms with Gasteiger partial charge in [0.1, 0.15) is 5.82 Å². The van der Waals surface area contributed by atoms with Crippen LogP contribution in [-0.2, 0) is 19.4 Å². The minimum atomic E-state index is -0.404. The van der Waals surface area contributed by atoms with Crippen molar-refractivity contribution in [2.45, 2.75) is 19.4 Å². The zero-order valence-corrected chi connectivity index (χ0v) is 15.8. The summed E-state index contributed by atoms with van der Waals surface area (Å²) in [5, 5.41) is 4.27. The van der Waals surface area contributed by atoms with Gasteiger partial charge in [-0.05, 0) is 24.1 Å².